The van der Waals surface area contributed by atoms with Crippen molar-refractivity contribution in [1.82, 2.24) is 4.98 Å². The van der Waals surface area contributed by atoms with Gasteiger partial charge >= 0.3 is 5.97 Å². The fourth-order valence-electron chi connectivity index (χ4n) is 1.04. The molecule has 0 N–H and O–H groups in total. The van der Waals surface area contributed by atoms with Crippen molar-refractivity contribution in [2.24, 2.45) is 0 Å². The lowest BCUT2D eigenvalue weighted by Crippen LogP contribution is -2.27. The number of carbonyl (C=O) groups excluding carboxylic acids is 1. The van der Waals surface area contributed by atoms with E-state index in [1.165, 1.54) is 6.20 Å². The zero-order valence-electron chi connectivity index (χ0n) is 9.79. The summed E-state index contributed by atoms with van der Waals surface area (Å²) in [7, 11) is 0. The van der Waals surface area contributed by atoms with E-state index in [0.29, 0.717) is 4.47 Å². The molecule has 4 nitrogen and oxygen atoms in total. The van der Waals surface area contributed by atoms with E-state index in [9.17, 15) is 9.18 Å². The van der Waals surface area contributed by atoms with Crippen LogP contribution in [-0.2, 0) is 9.53 Å². The van der Waals surface area contributed by atoms with Crippen LogP contribution in [0, 0.1) is 5.82 Å². The summed E-state index contributed by atoms with van der Waals surface area (Å²) in [4.78, 5) is 15.0. The minimum absolute atomic E-state index is 0.0501. The summed E-state index contributed by atoms with van der Waals surface area (Å²) in [6.45, 7) is 4.88. The Morgan fingerprint density at radius 3 is 2.65 bits per heavy atom. The van der Waals surface area contributed by atoms with Gasteiger partial charge in [0.2, 0.25) is 0 Å². The highest BCUT2D eigenvalue weighted by atomic mass is 79.9. The highest BCUT2D eigenvalue weighted by Gasteiger charge is 2.18. The molecule has 0 aliphatic carbocycles. The van der Waals surface area contributed by atoms with Gasteiger partial charge in [0, 0.05) is 6.20 Å². The average molecular weight is 306 g/mol. The lowest BCUT2D eigenvalue weighted by atomic mass is 10.2. The maximum Gasteiger partial charge on any atom is 0.344 e. The molecule has 1 aromatic heterocycles. The Balaban J connectivity index is 2.59. The van der Waals surface area contributed by atoms with Crippen molar-refractivity contribution >= 4 is 21.9 Å². The molecule has 0 fully saturated rings. The molecule has 17 heavy (non-hydrogen) atoms. The van der Waals surface area contributed by atoms with E-state index < -0.39 is 17.4 Å². The molecule has 0 atom stereocenters. The predicted octanol–water partition coefficient (Wildman–Crippen LogP) is 2.70. The largest absolute Gasteiger partial charge is 0.478 e. The van der Waals surface area contributed by atoms with Crippen LogP contribution in [0.4, 0.5) is 4.39 Å². The van der Waals surface area contributed by atoms with E-state index in [1.54, 1.807) is 20.8 Å². The summed E-state index contributed by atoms with van der Waals surface area (Å²) in [6, 6.07) is 0. The average Bonchev–Trinajstić information content (AvgIpc) is 2.14. The van der Waals surface area contributed by atoms with Crippen LogP contribution >= 0.6 is 15.9 Å². The van der Waals surface area contributed by atoms with Crippen LogP contribution in [-0.4, -0.2) is 23.2 Å². The molecule has 0 radical (unpaired) electrons. The number of hydrogen-bond donors (Lipinski definition) is 0. The number of ether oxygens (including phenoxy) is 2. The first-order chi connectivity index (χ1) is 7.79. The number of carbonyl (C=O) groups is 1. The second-order valence-electron chi connectivity index (χ2n) is 4.31. The van der Waals surface area contributed by atoms with Gasteiger partial charge in [0.25, 0.3) is 0 Å². The predicted molar refractivity (Wildman–Crippen MR) is 63.2 cm³/mol. The van der Waals surface area contributed by atoms with Gasteiger partial charge in [-0.05, 0) is 36.7 Å². The van der Waals surface area contributed by atoms with E-state index in [0.717, 1.165) is 6.20 Å². The molecule has 94 valence electrons. The quantitative estimate of drug-likeness (QED) is 0.806. The van der Waals surface area contributed by atoms with Gasteiger partial charge in [-0.2, -0.15) is 0 Å². The van der Waals surface area contributed by atoms with Gasteiger partial charge in [-0.25, -0.2) is 9.18 Å². The summed E-state index contributed by atoms with van der Waals surface area (Å²) in [5.41, 5.74) is -0.589. The van der Waals surface area contributed by atoms with Gasteiger partial charge in [-0.1, -0.05) is 0 Å². The smallest absolute Gasteiger partial charge is 0.344 e. The maximum absolute atomic E-state index is 13.3. The Morgan fingerprint density at radius 2 is 2.12 bits per heavy atom. The Bertz CT molecular complexity index is 397. The molecule has 0 unspecified atom stereocenters. The fourth-order valence-corrected chi connectivity index (χ4v) is 1.46. The Kier molecular flexibility index (Phi) is 4.45. The normalized spacial score (nSPS) is 11.1. The van der Waals surface area contributed by atoms with Crippen LogP contribution in [0.1, 0.15) is 20.8 Å². The number of aromatic nitrogens is 1. The van der Waals surface area contributed by atoms with E-state index in [-0.39, 0.29) is 12.4 Å². The highest BCUT2D eigenvalue weighted by Crippen LogP contribution is 2.26. The van der Waals surface area contributed by atoms with Crippen molar-refractivity contribution < 1.29 is 18.7 Å². The molecule has 0 bridgehead atoms. The van der Waals surface area contributed by atoms with Crippen molar-refractivity contribution in [1.29, 1.82) is 0 Å². The third-order valence-corrected chi connectivity index (χ3v) is 2.13. The van der Waals surface area contributed by atoms with Crippen molar-refractivity contribution in [3.63, 3.8) is 0 Å². The maximum atomic E-state index is 13.3. The summed E-state index contributed by atoms with van der Waals surface area (Å²) < 4.78 is 23.7. The van der Waals surface area contributed by atoms with Gasteiger partial charge < -0.3 is 9.47 Å². The molecule has 0 aromatic carbocycles. The summed E-state index contributed by atoms with van der Waals surface area (Å²) in [5, 5.41) is 0. The van der Waals surface area contributed by atoms with Crippen molar-refractivity contribution in [3.05, 3.63) is 22.7 Å². The molecule has 1 aromatic rings. The molecule has 1 heterocycles. The molecule has 0 spiro atoms. The second-order valence-corrected chi connectivity index (χ2v) is 5.16. The third kappa shape index (κ3) is 4.68. The van der Waals surface area contributed by atoms with Gasteiger partial charge in [0.1, 0.15) is 5.60 Å². The summed E-state index contributed by atoms with van der Waals surface area (Å²) >= 11 is 3.08. The van der Waals surface area contributed by atoms with E-state index in [2.05, 4.69) is 20.9 Å². The number of hydrogen-bond acceptors (Lipinski definition) is 4. The van der Waals surface area contributed by atoms with Crippen LogP contribution in [0.25, 0.3) is 0 Å². The minimum Gasteiger partial charge on any atom is -0.478 e. The number of rotatable bonds is 3. The Hall–Kier alpha value is -1.17. The SMILES string of the molecule is CC(C)(C)OC(=O)COc1c(F)cncc1Br. The summed E-state index contributed by atoms with van der Waals surface area (Å²) in [6.07, 6.45) is 2.39. The minimum atomic E-state index is -0.636. The van der Waals surface area contributed by atoms with Gasteiger partial charge in [0.05, 0.1) is 10.7 Å². The van der Waals surface area contributed by atoms with Crippen LogP contribution in [0.5, 0.6) is 5.75 Å². The molecule has 0 amide bonds. The van der Waals surface area contributed by atoms with Gasteiger partial charge in [-0.3, -0.25) is 4.98 Å². The first kappa shape index (κ1) is 13.9. The molecule has 0 aliphatic rings. The first-order valence-corrected chi connectivity index (χ1v) is 5.72. The first-order valence-electron chi connectivity index (χ1n) is 4.93. The fraction of sp³-hybridized carbons (Fsp3) is 0.455. The van der Waals surface area contributed by atoms with Crippen molar-refractivity contribution in [3.8, 4) is 5.75 Å². The van der Waals surface area contributed by atoms with Gasteiger partial charge in [0.15, 0.2) is 18.2 Å². The van der Waals surface area contributed by atoms with Crippen molar-refractivity contribution in [2.75, 3.05) is 6.61 Å². The van der Waals surface area contributed by atoms with Crippen molar-refractivity contribution in [2.45, 2.75) is 26.4 Å². The molecule has 0 aliphatic heterocycles. The highest BCUT2D eigenvalue weighted by molar-refractivity contribution is 9.10. The monoisotopic (exact) mass is 305 g/mol. The molecule has 0 saturated carbocycles. The number of esters is 1. The Labute approximate surface area is 107 Å². The third-order valence-electron chi connectivity index (χ3n) is 1.56. The summed E-state index contributed by atoms with van der Waals surface area (Å²) in [5.74, 6) is -1.24. The Morgan fingerprint density at radius 1 is 1.47 bits per heavy atom. The molecular weight excluding hydrogens is 293 g/mol. The second kappa shape index (κ2) is 5.44. The number of halogens is 2. The van der Waals surface area contributed by atoms with E-state index in [4.69, 9.17) is 9.47 Å². The lowest BCUT2D eigenvalue weighted by Gasteiger charge is -2.19. The van der Waals surface area contributed by atoms with E-state index >= 15 is 0 Å². The molecular formula is C11H13BrFNO3. The topological polar surface area (TPSA) is 48.4 Å². The van der Waals surface area contributed by atoms with Crippen LogP contribution in [0.2, 0.25) is 0 Å². The van der Waals surface area contributed by atoms with Gasteiger partial charge in [-0.15, -0.1) is 0 Å². The molecule has 6 heteroatoms. The van der Waals surface area contributed by atoms with Crippen LogP contribution in [0.15, 0.2) is 16.9 Å². The van der Waals surface area contributed by atoms with E-state index in [1.807, 2.05) is 0 Å². The lowest BCUT2D eigenvalue weighted by molar-refractivity contribution is -0.157. The van der Waals surface area contributed by atoms with Crippen LogP contribution in [0.3, 0.4) is 0 Å². The standard InChI is InChI=1S/C11H13BrFNO3/c1-11(2,3)17-9(15)6-16-10-7(12)4-14-5-8(10)13/h4-5H,6H2,1-3H3. The zero-order chi connectivity index (χ0) is 13.1. The molecule has 0 saturated heterocycles. The number of nitrogens with zero attached hydrogens (tertiary/aromatic N) is 1. The molecule has 1 rings (SSSR count). The number of pyridine rings is 1. The van der Waals surface area contributed by atoms with Crippen LogP contribution < -0.4 is 4.74 Å². The zero-order valence-corrected chi connectivity index (χ0v) is 11.4.